The van der Waals surface area contributed by atoms with Crippen molar-refractivity contribution < 1.29 is 27.1 Å². The van der Waals surface area contributed by atoms with Crippen LogP contribution < -0.4 is 15.4 Å². The summed E-state index contributed by atoms with van der Waals surface area (Å²) in [6.07, 6.45) is -0.555. The van der Waals surface area contributed by atoms with Crippen molar-refractivity contribution in [3.05, 3.63) is 65.5 Å². The SMILES string of the molecule is CC(C)(C)OC(=O)NCCC(=O)NCc1cccc(S(=O)(=O)NCc2cccc(F)c2)c1. The van der Waals surface area contributed by atoms with Crippen molar-refractivity contribution in [2.45, 2.75) is 50.8 Å². The molecule has 2 aromatic carbocycles. The van der Waals surface area contributed by atoms with E-state index in [1.807, 2.05) is 0 Å². The summed E-state index contributed by atoms with van der Waals surface area (Å²) >= 11 is 0. The zero-order chi connectivity index (χ0) is 23.8. The van der Waals surface area contributed by atoms with Gasteiger partial charge in [-0.3, -0.25) is 4.79 Å². The number of alkyl carbamates (subject to hydrolysis) is 1. The first kappa shape index (κ1) is 25.3. The van der Waals surface area contributed by atoms with Gasteiger partial charge in [0.05, 0.1) is 4.90 Å². The van der Waals surface area contributed by atoms with Gasteiger partial charge in [-0.15, -0.1) is 0 Å². The molecule has 0 radical (unpaired) electrons. The number of nitrogens with one attached hydrogen (secondary N) is 3. The van der Waals surface area contributed by atoms with Crippen LogP contribution in [0, 0.1) is 5.82 Å². The Kier molecular flexibility index (Phi) is 8.73. The molecule has 0 aliphatic heterocycles. The van der Waals surface area contributed by atoms with Crippen LogP contribution in [-0.4, -0.2) is 32.6 Å². The minimum Gasteiger partial charge on any atom is -0.444 e. The van der Waals surface area contributed by atoms with Crippen LogP contribution in [0.4, 0.5) is 9.18 Å². The quantitative estimate of drug-likeness (QED) is 0.527. The molecule has 0 unspecified atom stereocenters. The Morgan fingerprint density at radius 3 is 2.28 bits per heavy atom. The van der Waals surface area contributed by atoms with Crippen molar-refractivity contribution in [1.29, 1.82) is 0 Å². The van der Waals surface area contributed by atoms with Crippen LogP contribution in [0.1, 0.15) is 38.3 Å². The molecule has 0 saturated heterocycles. The molecule has 0 atom stereocenters. The summed E-state index contributed by atoms with van der Waals surface area (Å²) in [5.74, 6) is -0.751. The zero-order valence-corrected chi connectivity index (χ0v) is 19.1. The Balaban J connectivity index is 1.84. The number of hydrogen-bond donors (Lipinski definition) is 3. The summed E-state index contributed by atoms with van der Waals surface area (Å²) in [6, 6.07) is 11.8. The number of ether oxygens (including phenoxy) is 1. The largest absolute Gasteiger partial charge is 0.444 e. The fourth-order valence-corrected chi connectivity index (χ4v) is 3.70. The minimum atomic E-state index is -3.82. The van der Waals surface area contributed by atoms with Gasteiger partial charge < -0.3 is 15.4 Å². The topological polar surface area (TPSA) is 114 Å². The maximum Gasteiger partial charge on any atom is 0.407 e. The lowest BCUT2D eigenvalue weighted by Crippen LogP contribution is -2.35. The van der Waals surface area contributed by atoms with E-state index >= 15 is 0 Å². The lowest BCUT2D eigenvalue weighted by atomic mass is 10.2. The molecule has 0 bridgehead atoms. The molecular formula is C22H28FN3O5S. The van der Waals surface area contributed by atoms with Gasteiger partial charge in [-0.1, -0.05) is 24.3 Å². The van der Waals surface area contributed by atoms with E-state index in [2.05, 4.69) is 15.4 Å². The Morgan fingerprint density at radius 1 is 0.969 bits per heavy atom. The van der Waals surface area contributed by atoms with E-state index in [0.717, 1.165) is 0 Å². The molecule has 2 rings (SSSR count). The van der Waals surface area contributed by atoms with Crippen LogP contribution in [0.25, 0.3) is 0 Å². The van der Waals surface area contributed by atoms with E-state index in [0.29, 0.717) is 11.1 Å². The third-order valence-electron chi connectivity index (χ3n) is 4.07. The van der Waals surface area contributed by atoms with E-state index in [1.165, 1.54) is 30.3 Å². The Hall–Kier alpha value is -2.98. The molecule has 32 heavy (non-hydrogen) atoms. The van der Waals surface area contributed by atoms with Crippen molar-refractivity contribution in [2.24, 2.45) is 0 Å². The first-order chi connectivity index (χ1) is 14.9. The molecule has 0 fully saturated rings. The molecule has 174 valence electrons. The molecule has 3 N–H and O–H groups in total. The fourth-order valence-electron chi connectivity index (χ4n) is 2.61. The normalized spacial score (nSPS) is 11.6. The molecule has 0 heterocycles. The summed E-state index contributed by atoms with van der Waals surface area (Å²) in [6.45, 7) is 5.41. The second-order valence-electron chi connectivity index (χ2n) is 8.06. The molecule has 0 aliphatic carbocycles. The lowest BCUT2D eigenvalue weighted by Gasteiger charge is -2.19. The van der Waals surface area contributed by atoms with Crippen molar-refractivity contribution in [2.75, 3.05) is 6.54 Å². The summed E-state index contributed by atoms with van der Waals surface area (Å²) in [7, 11) is -3.82. The third-order valence-corrected chi connectivity index (χ3v) is 5.47. The van der Waals surface area contributed by atoms with Crippen molar-refractivity contribution in [3.8, 4) is 0 Å². The predicted octanol–water partition coefficient (Wildman–Crippen LogP) is 2.84. The van der Waals surface area contributed by atoms with Crippen LogP contribution in [0.15, 0.2) is 53.4 Å². The monoisotopic (exact) mass is 465 g/mol. The van der Waals surface area contributed by atoms with Crippen LogP contribution in [0.3, 0.4) is 0 Å². The van der Waals surface area contributed by atoms with E-state index in [4.69, 9.17) is 4.74 Å². The molecule has 0 spiro atoms. The van der Waals surface area contributed by atoms with Gasteiger partial charge in [0, 0.05) is 26.1 Å². The van der Waals surface area contributed by atoms with Gasteiger partial charge in [0.2, 0.25) is 15.9 Å². The van der Waals surface area contributed by atoms with Gasteiger partial charge >= 0.3 is 6.09 Å². The number of hydrogen-bond acceptors (Lipinski definition) is 5. The molecule has 0 aliphatic rings. The predicted molar refractivity (Wildman–Crippen MR) is 118 cm³/mol. The molecule has 2 aromatic rings. The molecule has 0 aromatic heterocycles. The standard InChI is InChI=1S/C22H28FN3O5S/c1-22(2,3)31-21(28)24-11-10-20(27)25-14-17-7-5-9-19(13-17)32(29,30)26-15-16-6-4-8-18(23)12-16/h4-9,12-13,26H,10-11,14-15H2,1-3H3,(H,24,28)(H,25,27). The van der Waals surface area contributed by atoms with Crippen molar-refractivity contribution in [1.82, 2.24) is 15.4 Å². The summed E-state index contributed by atoms with van der Waals surface area (Å²) in [5.41, 5.74) is 0.466. The van der Waals surface area contributed by atoms with Crippen molar-refractivity contribution in [3.63, 3.8) is 0 Å². The average Bonchev–Trinajstić information content (AvgIpc) is 2.70. The molecular weight excluding hydrogens is 437 g/mol. The van der Waals surface area contributed by atoms with Gasteiger partial charge in [0.1, 0.15) is 11.4 Å². The van der Waals surface area contributed by atoms with Crippen LogP contribution in [-0.2, 0) is 32.6 Å². The smallest absolute Gasteiger partial charge is 0.407 e. The van der Waals surface area contributed by atoms with Gasteiger partial charge in [0.25, 0.3) is 0 Å². The number of amides is 2. The average molecular weight is 466 g/mol. The fraction of sp³-hybridized carbons (Fsp3) is 0.364. The van der Waals surface area contributed by atoms with E-state index in [1.54, 1.807) is 39.0 Å². The molecule has 8 nitrogen and oxygen atoms in total. The van der Waals surface area contributed by atoms with Gasteiger partial charge in [-0.25, -0.2) is 22.3 Å². The summed E-state index contributed by atoms with van der Waals surface area (Å²) in [4.78, 5) is 23.6. The third kappa shape index (κ3) is 9.03. The number of carbonyl (C=O) groups is 2. The second-order valence-corrected chi connectivity index (χ2v) is 9.82. The van der Waals surface area contributed by atoms with E-state index in [9.17, 15) is 22.4 Å². The molecule has 2 amide bonds. The first-order valence-corrected chi connectivity index (χ1v) is 11.5. The maximum absolute atomic E-state index is 13.3. The Labute approximate surface area is 187 Å². The van der Waals surface area contributed by atoms with E-state index < -0.39 is 27.5 Å². The minimum absolute atomic E-state index is 0.0345. The maximum atomic E-state index is 13.3. The number of rotatable bonds is 9. The number of carbonyl (C=O) groups excluding carboxylic acids is 2. The highest BCUT2D eigenvalue weighted by atomic mass is 32.2. The summed E-state index contributed by atoms with van der Waals surface area (Å²) < 4.78 is 45.9. The number of halogens is 1. The number of sulfonamides is 1. The Bertz CT molecular complexity index is 1050. The van der Waals surface area contributed by atoms with Crippen LogP contribution >= 0.6 is 0 Å². The van der Waals surface area contributed by atoms with Gasteiger partial charge in [-0.2, -0.15) is 0 Å². The molecule has 0 saturated carbocycles. The second kappa shape index (κ2) is 11.1. The van der Waals surface area contributed by atoms with Gasteiger partial charge in [-0.05, 0) is 56.2 Å². The first-order valence-electron chi connectivity index (χ1n) is 10.0. The Morgan fingerprint density at radius 2 is 1.62 bits per heavy atom. The van der Waals surface area contributed by atoms with Crippen LogP contribution in [0.2, 0.25) is 0 Å². The highest BCUT2D eigenvalue weighted by Crippen LogP contribution is 2.13. The highest BCUT2D eigenvalue weighted by molar-refractivity contribution is 7.89. The summed E-state index contributed by atoms with van der Waals surface area (Å²) in [5, 5.41) is 5.17. The lowest BCUT2D eigenvalue weighted by molar-refractivity contribution is -0.121. The van der Waals surface area contributed by atoms with E-state index in [-0.39, 0.29) is 36.9 Å². The number of benzene rings is 2. The highest BCUT2D eigenvalue weighted by Gasteiger charge is 2.16. The van der Waals surface area contributed by atoms with Crippen LogP contribution in [0.5, 0.6) is 0 Å². The van der Waals surface area contributed by atoms with Crippen molar-refractivity contribution >= 4 is 22.0 Å². The van der Waals surface area contributed by atoms with Gasteiger partial charge in [0.15, 0.2) is 0 Å². The zero-order valence-electron chi connectivity index (χ0n) is 18.3. The molecule has 10 heteroatoms.